The second-order valence-corrected chi connectivity index (χ2v) is 8.25. The van der Waals surface area contributed by atoms with Crippen LogP contribution in [0.15, 0.2) is 46.1 Å². The van der Waals surface area contributed by atoms with Crippen LogP contribution in [0.4, 0.5) is 0 Å². The first kappa shape index (κ1) is 20.0. The van der Waals surface area contributed by atoms with Gasteiger partial charge < -0.3 is 4.90 Å². The Morgan fingerprint density at radius 1 is 1.07 bits per heavy atom. The van der Waals surface area contributed by atoms with Crippen molar-refractivity contribution in [2.45, 2.75) is 17.9 Å². The molecule has 7 nitrogen and oxygen atoms in total. The number of hydrogen-bond acceptors (Lipinski definition) is 7. The van der Waals surface area contributed by atoms with Gasteiger partial charge in [0, 0.05) is 81.8 Å². The maximum Gasteiger partial charge on any atom is 0.257 e. The first-order valence-corrected chi connectivity index (χ1v) is 10.8. The van der Waals surface area contributed by atoms with Crippen molar-refractivity contribution in [2.24, 2.45) is 4.40 Å². The fraction of sp³-hybridized carbons (Fsp3) is 0.429. The molecule has 1 aromatic heterocycles. The number of aromatic nitrogens is 2. The number of amides is 1. The predicted molar refractivity (Wildman–Crippen MR) is 115 cm³/mol. The van der Waals surface area contributed by atoms with Gasteiger partial charge in [-0.25, -0.2) is 14.4 Å². The van der Waals surface area contributed by atoms with E-state index in [-0.39, 0.29) is 5.91 Å². The number of piperazine rings is 1. The third-order valence-electron chi connectivity index (χ3n) is 5.61. The van der Waals surface area contributed by atoms with E-state index < -0.39 is 0 Å². The zero-order valence-electron chi connectivity index (χ0n) is 16.5. The Kier molecular flexibility index (Phi) is 6.53. The highest BCUT2D eigenvalue weighted by Crippen LogP contribution is 2.24. The summed E-state index contributed by atoms with van der Waals surface area (Å²) >= 11 is 1.44. The van der Waals surface area contributed by atoms with Crippen LogP contribution in [0.3, 0.4) is 0 Å². The number of hydrogen-bond donors (Lipinski definition) is 0. The Balaban J connectivity index is 1.25. The molecule has 1 aromatic carbocycles. The second kappa shape index (κ2) is 9.47. The van der Waals surface area contributed by atoms with Gasteiger partial charge >= 0.3 is 0 Å². The summed E-state index contributed by atoms with van der Waals surface area (Å²) in [7, 11) is 0. The van der Waals surface area contributed by atoms with Gasteiger partial charge in [0.05, 0.1) is 11.3 Å². The van der Waals surface area contributed by atoms with Crippen molar-refractivity contribution in [3.05, 3.63) is 53.6 Å². The minimum absolute atomic E-state index is 0.0652. The number of nitrogens with zero attached hydrogens (tertiary/aromatic N) is 6. The molecule has 2 aromatic rings. The van der Waals surface area contributed by atoms with Gasteiger partial charge in [-0.2, -0.15) is 0 Å². The molecule has 4 rings (SSSR count). The van der Waals surface area contributed by atoms with Crippen LogP contribution in [-0.4, -0.2) is 83.1 Å². The highest BCUT2D eigenvalue weighted by molar-refractivity contribution is 7.98. The molecule has 3 heterocycles. The maximum absolute atomic E-state index is 12.6. The van der Waals surface area contributed by atoms with Gasteiger partial charge in [-0.3, -0.25) is 14.6 Å². The Hall–Kier alpha value is -2.29. The summed E-state index contributed by atoms with van der Waals surface area (Å²) in [5.74, 6) is 0.0652. The van der Waals surface area contributed by atoms with Crippen LogP contribution in [0.25, 0.3) is 0 Å². The van der Waals surface area contributed by atoms with E-state index in [0.717, 1.165) is 64.5 Å². The monoisotopic (exact) mass is 410 g/mol. The predicted octanol–water partition coefficient (Wildman–Crippen LogP) is 2.00. The first-order chi connectivity index (χ1) is 14.2. The molecule has 0 N–H and O–H groups in total. The highest BCUT2D eigenvalue weighted by atomic mass is 32.2. The molecule has 0 bridgehead atoms. The summed E-state index contributed by atoms with van der Waals surface area (Å²) in [6.07, 6.45) is 3.98. The highest BCUT2D eigenvalue weighted by Gasteiger charge is 2.26. The van der Waals surface area contributed by atoms with Crippen molar-refractivity contribution in [3.8, 4) is 0 Å². The van der Waals surface area contributed by atoms with Gasteiger partial charge in [0.25, 0.3) is 5.91 Å². The third kappa shape index (κ3) is 4.83. The molecular formula is C21H26N6OS. The smallest absolute Gasteiger partial charge is 0.257 e. The van der Waals surface area contributed by atoms with Crippen LogP contribution >= 0.6 is 11.9 Å². The van der Waals surface area contributed by atoms with Crippen molar-refractivity contribution in [1.29, 1.82) is 0 Å². The van der Waals surface area contributed by atoms with E-state index in [1.807, 2.05) is 11.0 Å². The fourth-order valence-electron chi connectivity index (χ4n) is 3.93. The third-order valence-corrected chi connectivity index (χ3v) is 6.34. The molecule has 2 aliphatic heterocycles. The Morgan fingerprint density at radius 2 is 1.86 bits per heavy atom. The van der Waals surface area contributed by atoms with Crippen molar-refractivity contribution in [1.82, 2.24) is 24.7 Å². The van der Waals surface area contributed by atoms with Gasteiger partial charge in [-0.15, -0.1) is 0 Å². The van der Waals surface area contributed by atoms with Crippen LogP contribution in [0.5, 0.6) is 0 Å². The molecular weight excluding hydrogens is 384 g/mol. The normalized spacial score (nSPS) is 17.9. The SMILES string of the molecule is C=NSc1ccccc1CN1CCN(CCN2CCc3ncncc3C2=O)CC1. The molecule has 1 fully saturated rings. The molecule has 0 atom stereocenters. The molecule has 1 saturated heterocycles. The van der Waals surface area contributed by atoms with Crippen molar-refractivity contribution in [2.75, 3.05) is 45.8 Å². The van der Waals surface area contributed by atoms with E-state index in [0.29, 0.717) is 5.56 Å². The molecule has 0 unspecified atom stereocenters. The topological polar surface area (TPSA) is 64.9 Å². The number of rotatable bonds is 7. The Morgan fingerprint density at radius 3 is 2.69 bits per heavy atom. The molecule has 2 aliphatic rings. The van der Waals surface area contributed by atoms with Crippen LogP contribution in [0, 0.1) is 0 Å². The van der Waals surface area contributed by atoms with E-state index in [2.05, 4.69) is 49.1 Å². The average molecular weight is 411 g/mol. The summed E-state index contributed by atoms with van der Waals surface area (Å²) in [5, 5.41) is 0. The van der Waals surface area contributed by atoms with Crippen molar-refractivity contribution in [3.63, 3.8) is 0 Å². The molecule has 29 heavy (non-hydrogen) atoms. The lowest BCUT2D eigenvalue weighted by Crippen LogP contribution is -2.49. The first-order valence-electron chi connectivity index (χ1n) is 9.98. The van der Waals surface area contributed by atoms with E-state index in [9.17, 15) is 4.79 Å². The minimum atomic E-state index is 0.0652. The summed E-state index contributed by atoms with van der Waals surface area (Å²) in [5.41, 5.74) is 2.84. The molecule has 0 spiro atoms. The number of carbonyl (C=O) groups is 1. The summed E-state index contributed by atoms with van der Waals surface area (Å²) in [4.78, 5) is 28.9. The lowest BCUT2D eigenvalue weighted by Gasteiger charge is -2.36. The molecule has 1 amide bonds. The minimum Gasteiger partial charge on any atom is -0.337 e. The van der Waals surface area contributed by atoms with Crippen LogP contribution in [0.1, 0.15) is 21.6 Å². The van der Waals surface area contributed by atoms with E-state index in [1.165, 1.54) is 28.7 Å². The maximum atomic E-state index is 12.6. The Labute approximate surface area is 176 Å². The number of carbonyl (C=O) groups excluding carboxylic acids is 1. The fourth-order valence-corrected chi connectivity index (χ4v) is 4.45. The summed E-state index contributed by atoms with van der Waals surface area (Å²) < 4.78 is 3.96. The van der Waals surface area contributed by atoms with E-state index >= 15 is 0 Å². The van der Waals surface area contributed by atoms with Crippen LogP contribution in [-0.2, 0) is 13.0 Å². The molecule has 0 saturated carbocycles. The second-order valence-electron chi connectivity index (χ2n) is 7.37. The quantitative estimate of drug-likeness (QED) is 0.514. The van der Waals surface area contributed by atoms with Gasteiger partial charge in [-0.05, 0) is 18.3 Å². The number of benzene rings is 1. The zero-order valence-corrected chi connectivity index (χ0v) is 17.4. The molecule has 152 valence electrons. The lowest BCUT2D eigenvalue weighted by atomic mass is 10.1. The average Bonchev–Trinajstić information content (AvgIpc) is 2.76. The van der Waals surface area contributed by atoms with Crippen LogP contribution in [0.2, 0.25) is 0 Å². The van der Waals surface area contributed by atoms with E-state index in [1.54, 1.807) is 6.20 Å². The largest absolute Gasteiger partial charge is 0.337 e. The Bertz CT molecular complexity index is 868. The van der Waals surface area contributed by atoms with E-state index in [4.69, 9.17) is 0 Å². The van der Waals surface area contributed by atoms with Crippen molar-refractivity contribution >= 4 is 24.6 Å². The van der Waals surface area contributed by atoms with Gasteiger partial charge in [-0.1, -0.05) is 18.2 Å². The summed E-state index contributed by atoms with van der Waals surface area (Å²) in [6.45, 7) is 11.1. The molecule has 0 aliphatic carbocycles. The van der Waals surface area contributed by atoms with Gasteiger partial charge in [0.1, 0.15) is 6.33 Å². The van der Waals surface area contributed by atoms with Crippen LogP contribution < -0.4 is 0 Å². The van der Waals surface area contributed by atoms with Gasteiger partial charge in [0.15, 0.2) is 0 Å². The van der Waals surface area contributed by atoms with Crippen molar-refractivity contribution < 1.29 is 4.79 Å². The standard InChI is InChI=1S/C21H26N6OS/c1-22-29-20-5-3-2-4-17(20)15-26-10-8-25(9-11-26)12-13-27-7-6-19-18(21(27)28)14-23-16-24-19/h2-5,14,16H,1,6-13,15H2. The zero-order chi connectivity index (χ0) is 20.1. The number of fused-ring (bicyclic) bond motifs is 1. The van der Waals surface area contributed by atoms with Gasteiger partial charge in [0.2, 0.25) is 0 Å². The lowest BCUT2D eigenvalue weighted by molar-refractivity contribution is 0.0683. The molecule has 0 radical (unpaired) electrons. The summed E-state index contributed by atoms with van der Waals surface area (Å²) in [6, 6.07) is 8.39. The molecule has 8 heteroatoms.